The largest absolute Gasteiger partial charge is 0.363 e. The van der Waals surface area contributed by atoms with E-state index in [2.05, 4.69) is 25.3 Å². The second-order valence-corrected chi connectivity index (χ2v) is 4.66. The van der Waals surface area contributed by atoms with E-state index in [9.17, 15) is 0 Å². The molecule has 0 aliphatic heterocycles. The van der Waals surface area contributed by atoms with E-state index in [0.29, 0.717) is 17.4 Å². The molecule has 3 aromatic heterocycles. The number of nitrogens with zero attached hydrogens (tertiary/aromatic N) is 5. The van der Waals surface area contributed by atoms with Crippen LogP contribution in [0.1, 0.15) is 5.69 Å². The van der Waals surface area contributed by atoms with Gasteiger partial charge in [-0.2, -0.15) is 10.1 Å². The molecular formula is C13H14N6O. The van der Waals surface area contributed by atoms with Gasteiger partial charge >= 0.3 is 0 Å². The highest BCUT2D eigenvalue weighted by Gasteiger charge is 2.13. The Balaban J connectivity index is 1.90. The molecule has 0 bridgehead atoms. The summed E-state index contributed by atoms with van der Waals surface area (Å²) in [4.78, 5) is 10.6. The van der Waals surface area contributed by atoms with Crippen LogP contribution in [0.5, 0.6) is 0 Å². The number of anilines is 1. The van der Waals surface area contributed by atoms with E-state index in [-0.39, 0.29) is 0 Å². The van der Waals surface area contributed by atoms with Crippen LogP contribution >= 0.6 is 0 Å². The summed E-state index contributed by atoms with van der Waals surface area (Å²) in [7, 11) is 3.88. The zero-order valence-corrected chi connectivity index (χ0v) is 11.5. The van der Waals surface area contributed by atoms with E-state index < -0.39 is 0 Å². The summed E-state index contributed by atoms with van der Waals surface area (Å²) in [6.45, 7) is 1.91. The first kappa shape index (κ1) is 12.3. The fourth-order valence-corrected chi connectivity index (χ4v) is 1.76. The van der Waals surface area contributed by atoms with Crippen LogP contribution in [0.2, 0.25) is 0 Å². The van der Waals surface area contributed by atoms with Gasteiger partial charge in [-0.15, -0.1) is 0 Å². The molecule has 0 amide bonds. The van der Waals surface area contributed by atoms with E-state index in [1.165, 1.54) is 0 Å². The van der Waals surface area contributed by atoms with Gasteiger partial charge in [-0.25, -0.2) is 4.98 Å². The predicted molar refractivity (Wildman–Crippen MR) is 74.2 cm³/mol. The van der Waals surface area contributed by atoms with Crippen LogP contribution in [0.25, 0.3) is 23.0 Å². The number of H-pyrrole nitrogens is 1. The molecular weight excluding hydrogens is 256 g/mol. The Morgan fingerprint density at radius 2 is 2.10 bits per heavy atom. The lowest BCUT2D eigenvalue weighted by Crippen LogP contribution is -2.10. The topological polar surface area (TPSA) is 83.7 Å². The molecule has 7 heteroatoms. The van der Waals surface area contributed by atoms with Gasteiger partial charge in [0.1, 0.15) is 5.82 Å². The number of nitrogens with one attached hydrogen (secondary N) is 1. The molecule has 1 N–H and O–H groups in total. The average Bonchev–Trinajstić information content (AvgIpc) is 3.07. The van der Waals surface area contributed by atoms with Crippen molar-refractivity contribution < 1.29 is 4.52 Å². The molecule has 0 aliphatic carbocycles. The summed E-state index contributed by atoms with van der Waals surface area (Å²) in [5.74, 6) is 1.76. The maximum Gasteiger partial charge on any atom is 0.278 e. The fourth-order valence-electron chi connectivity index (χ4n) is 1.76. The van der Waals surface area contributed by atoms with Crippen LogP contribution in [0.3, 0.4) is 0 Å². The van der Waals surface area contributed by atoms with Gasteiger partial charge in [-0.05, 0) is 25.1 Å². The van der Waals surface area contributed by atoms with Crippen molar-refractivity contribution in [1.29, 1.82) is 0 Å². The number of aromatic nitrogens is 5. The van der Waals surface area contributed by atoms with Crippen LogP contribution in [-0.4, -0.2) is 39.4 Å². The van der Waals surface area contributed by atoms with Crippen molar-refractivity contribution in [2.75, 3.05) is 19.0 Å². The third-order valence-electron chi connectivity index (χ3n) is 2.82. The lowest BCUT2D eigenvalue weighted by Gasteiger charge is -2.10. The molecule has 0 saturated carbocycles. The molecule has 0 spiro atoms. The van der Waals surface area contributed by atoms with Crippen LogP contribution in [0.4, 0.5) is 5.82 Å². The van der Waals surface area contributed by atoms with Crippen LogP contribution in [0.15, 0.2) is 28.9 Å². The van der Waals surface area contributed by atoms with Gasteiger partial charge in [0.25, 0.3) is 5.89 Å². The monoisotopic (exact) mass is 270 g/mol. The van der Waals surface area contributed by atoms with Crippen LogP contribution in [-0.2, 0) is 0 Å². The Morgan fingerprint density at radius 3 is 2.70 bits per heavy atom. The number of aryl methyl sites for hydroxylation is 1. The minimum atomic E-state index is 0.390. The molecule has 7 nitrogen and oxygen atoms in total. The van der Waals surface area contributed by atoms with Gasteiger partial charge in [0, 0.05) is 31.5 Å². The number of hydrogen-bond donors (Lipinski definition) is 1. The molecule has 3 heterocycles. The minimum Gasteiger partial charge on any atom is -0.363 e. The van der Waals surface area contributed by atoms with Gasteiger partial charge < -0.3 is 9.42 Å². The summed E-state index contributed by atoms with van der Waals surface area (Å²) in [6, 6.07) is 5.67. The SMILES string of the molecule is Cc1cc(-c2nc(-c3ccc(N(C)C)nc3)no2)n[nH]1. The van der Waals surface area contributed by atoms with Crippen molar-refractivity contribution in [3.05, 3.63) is 30.1 Å². The maximum atomic E-state index is 5.21. The zero-order chi connectivity index (χ0) is 14.1. The zero-order valence-electron chi connectivity index (χ0n) is 11.5. The Morgan fingerprint density at radius 1 is 1.25 bits per heavy atom. The first-order valence-corrected chi connectivity index (χ1v) is 6.13. The molecule has 0 aliphatic rings. The molecule has 20 heavy (non-hydrogen) atoms. The number of hydrogen-bond acceptors (Lipinski definition) is 6. The number of aromatic amines is 1. The Bertz CT molecular complexity index is 713. The van der Waals surface area contributed by atoms with Gasteiger partial charge in [0.05, 0.1) is 0 Å². The molecule has 0 fully saturated rings. The summed E-state index contributed by atoms with van der Waals surface area (Å²) in [5, 5.41) is 10.9. The normalized spacial score (nSPS) is 10.8. The van der Waals surface area contributed by atoms with Gasteiger partial charge in [0.15, 0.2) is 5.69 Å². The first-order chi connectivity index (χ1) is 9.63. The van der Waals surface area contributed by atoms with E-state index in [1.807, 2.05) is 44.1 Å². The Kier molecular flexibility index (Phi) is 2.94. The predicted octanol–water partition coefficient (Wildman–Crippen LogP) is 1.90. The van der Waals surface area contributed by atoms with Crippen LogP contribution < -0.4 is 4.90 Å². The quantitative estimate of drug-likeness (QED) is 0.782. The lowest BCUT2D eigenvalue weighted by atomic mass is 10.2. The van der Waals surface area contributed by atoms with Crippen molar-refractivity contribution in [2.45, 2.75) is 6.92 Å². The first-order valence-electron chi connectivity index (χ1n) is 6.13. The second kappa shape index (κ2) is 4.76. The minimum absolute atomic E-state index is 0.390. The summed E-state index contributed by atoms with van der Waals surface area (Å²) >= 11 is 0. The molecule has 3 aromatic rings. The molecule has 3 rings (SSSR count). The summed E-state index contributed by atoms with van der Waals surface area (Å²) < 4.78 is 5.21. The van der Waals surface area contributed by atoms with Crippen molar-refractivity contribution >= 4 is 5.82 Å². The average molecular weight is 270 g/mol. The lowest BCUT2D eigenvalue weighted by molar-refractivity contribution is 0.431. The number of rotatable bonds is 3. The van der Waals surface area contributed by atoms with Crippen molar-refractivity contribution in [1.82, 2.24) is 25.3 Å². The van der Waals surface area contributed by atoms with Crippen molar-refractivity contribution in [3.63, 3.8) is 0 Å². The van der Waals surface area contributed by atoms with Crippen molar-refractivity contribution in [3.8, 4) is 23.0 Å². The third kappa shape index (κ3) is 2.25. The highest BCUT2D eigenvalue weighted by atomic mass is 16.5. The van der Waals surface area contributed by atoms with Gasteiger partial charge in [0.2, 0.25) is 5.82 Å². The van der Waals surface area contributed by atoms with E-state index in [1.54, 1.807) is 6.20 Å². The molecule has 0 radical (unpaired) electrons. The van der Waals surface area contributed by atoms with E-state index in [0.717, 1.165) is 17.1 Å². The Hall–Kier alpha value is -2.70. The van der Waals surface area contributed by atoms with Crippen LogP contribution in [0, 0.1) is 6.92 Å². The molecule has 102 valence electrons. The number of pyridine rings is 1. The third-order valence-corrected chi connectivity index (χ3v) is 2.82. The summed E-state index contributed by atoms with van der Waals surface area (Å²) in [6.07, 6.45) is 1.72. The fraction of sp³-hybridized carbons (Fsp3) is 0.231. The molecule has 0 aromatic carbocycles. The highest BCUT2D eigenvalue weighted by Crippen LogP contribution is 2.21. The standard InChI is InChI=1S/C13H14N6O/c1-8-6-10(17-16-8)13-15-12(18-20-13)9-4-5-11(14-7-9)19(2)3/h4-7H,1-3H3,(H,16,17). The smallest absolute Gasteiger partial charge is 0.278 e. The molecule has 0 atom stereocenters. The summed E-state index contributed by atoms with van der Waals surface area (Å²) in [5.41, 5.74) is 2.38. The van der Waals surface area contributed by atoms with E-state index >= 15 is 0 Å². The van der Waals surface area contributed by atoms with Gasteiger partial charge in [-0.3, -0.25) is 5.10 Å². The Labute approximate surface area is 115 Å². The molecule has 0 unspecified atom stereocenters. The van der Waals surface area contributed by atoms with Crippen molar-refractivity contribution in [2.24, 2.45) is 0 Å². The van der Waals surface area contributed by atoms with Gasteiger partial charge in [-0.1, -0.05) is 5.16 Å². The second-order valence-electron chi connectivity index (χ2n) is 4.66. The highest BCUT2D eigenvalue weighted by molar-refractivity contribution is 5.58. The maximum absolute atomic E-state index is 5.21. The molecule has 0 saturated heterocycles. The van der Waals surface area contributed by atoms with E-state index in [4.69, 9.17) is 4.52 Å².